The molecule has 3 heteroatoms. The number of carbonyl (C=O) groups excluding carboxylic acids is 1. The molecule has 0 N–H and O–H groups in total. The molecule has 2 nitrogen and oxygen atoms in total. The van der Waals surface area contributed by atoms with Gasteiger partial charge in [-0.25, -0.2) is 0 Å². The van der Waals surface area contributed by atoms with Gasteiger partial charge in [0.2, 0.25) is 0 Å². The summed E-state index contributed by atoms with van der Waals surface area (Å²) in [4.78, 5) is 12.8. The molecule has 158 valence electrons. The summed E-state index contributed by atoms with van der Waals surface area (Å²) in [6, 6.07) is 0. The van der Waals surface area contributed by atoms with Gasteiger partial charge >= 0.3 is 0 Å². The molecule has 4 rings (SSSR count). The quantitative estimate of drug-likeness (QED) is 0.376. The van der Waals surface area contributed by atoms with Crippen LogP contribution < -0.4 is 0 Å². The van der Waals surface area contributed by atoms with E-state index in [1.54, 1.807) is 0 Å². The number of allylic oxidation sites excluding steroid dienone is 1. The Bertz CT molecular complexity index is 786. The Kier molecular flexibility index (Phi) is 4.20. The minimum Gasteiger partial charge on any atom is -0.416 e. The van der Waals surface area contributed by atoms with Gasteiger partial charge in [-0.3, -0.25) is 4.79 Å². The first-order chi connectivity index (χ1) is 14.1. The molecule has 0 aromatic carbocycles. The van der Waals surface area contributed by atoms with Crippen LogP contribution in [-0.4, -0.2) is 20.7 Å². The van der Waals surface area contributed by atoms with Crippen LogP contribution in [0.2, 0.25) is 18.1 Å². The van der Waals surface area contributed by atoms with Crippen LogP contribution in [0.4, 0.5) is 0 Å². The van der Waals surface area contributed by atoms with Crippen LogP contribution in [0.25, 0.3) is 0 Å². The van der Waals surface area contributed by atoms with Crippen molar-refractivity contribution in [3.05, 3.63) is 11.6 Å². The molecule has 0 radical (unpaired) electrons. The van der Waals surface area contributed by atoms with Gasteiger partial charge in [-0.2, -0.15) is 0 Å². The van der Waals surface area contributed by atoms with Crippen LogP contribution in [0.1, 0.15) is 89.5 Å². The second-order valence-corrected chi connectivity index (χ2v) is 16.5. The highest BCUT2D eigenvalue weighted by molar-refractivity contribution is 6.74. The lowest BCUT2D eigenvalue weighted by atomic mass is 9.48. The molecule has 4 aliphatic rings. The van der Waals surface area contributed by atoms with Gasteiger partial charge in [0.05, 0.1) is 0 Å². The smallest absolute Gasteiger partial charge is 0.192 e. The number of hydrogen-bond acceptors (Lipinski definition) is 2. The highest BCUT2D eigenvalue weighted by atomic mass is 28.4. The predicted octanol–water partition coefficient (Wildman–Crippen LogP) is 6.91. The van der Waals surface area contributed by atoms with E-state index >= 15 is 0 Å². The van der Waals surface area contributed by atoms with Gasteiger partial charge in [0, 0.05) is 28.0 Å². The third kappa shape index (κ3) is 3.02. The molecule has 6 atom stereocenters. The molecule has 0 spiro atoms. The first-order valence-corrected chi connectivity index (χ1v) is 14.4. The van der Waals surface area contributed by atoms with Gasteiger partial charge in [-0.15, -0.1) is 0 Å². The fourth-order valence-electron chi connectivity index (χ4n) is 6.37. The number of hydrogen-bond donors (Lipinski definition) is 0. The van der Waals surface area contributed by atoms with E-state index in [0.717, 1.165) is 37.7 Å². The maximum absolute atomic E-state index is 12.8. The summed E-state index contributed by atoms with van der Waals surface area (Å²) in [5, 5.41) is 0.131. The van der Waals surface area contributed by atoms with Crippen molar-refractivity contribution in [3.63, 3.8) is 0 Å². The molecular formula is C25H42O2Si. The fourth-order valence-corrected chi connectivity index (χ4v) is 7.42. The molecule has 0 aliphatic heterocycles. The molecule has 0 amide bonds. The van der Waals surface area contributed by atoms with Crippen molar-refractivity contribution in [2.75, 3.05) is 6.61 Å². The first kappa shape index (κ1) is 17.3. The van der Waals surface area contributed by atoms with Crippen molar-refractivity contribution >= 4 is 14.1 Å². The molecule has 4 aliphatic carbocycles. The summed E-state index contributed by atoms with van der Waals surface area (Å²) in [7, 11) is -1.95. The van der Waals surface area contributed by atoms with Crippen molar-refractivity contribution in [2.45, 2.75) is 104 Å². The van der Waals surface area contributed by atoms with E-state index in [4.69, 9.17) is 8.54 Å². The zero-order valence-corrected chi connectivity index (χ0v) is 19.9. The Hall–Kier alpha value is -0.413. The molecular weight excluding hydrogens is 360 g/mol. The maximum atomic E-state index is 12.8. The molecule has 0 saturated heterocycles. The Morgan fingerprint density at radius 3 is 2.68 bits per heavy atom. The van der Waals surface area contributed by atoms with E-state index in [1.165, 1.54) is 0 Å². The van der Waals surface area contributed by atoms with E-state index in [1.807, 2.05) is 6.08 Å². The lowest BCUT2D eigenvalue weighted by molar-refractivity contribution is -0.132. The monoisotopic (exact) mass is 405 g/mol. The molecule has 28 heavy (non-hydrogen) atoms. The highest BCUT2D eigenvalue weighted by Crippen LogP contribution is 2.64. The topological polar surface area (TPSA) is 26.3 Å². The summed E-state index contributed by atoms with van der Waals surface area (Å²) < 4.78 is 33.4. The normalized spacial score (nSPS) is 47.1. The zero-order chi connectivity index (χ0) is 23.0. The van der Waals surface area contributed by atoms with Crippen molar-refractivity contribution in [1.82, 2.24) is 0 Å². The Balaban J connectivity index is 1.76. The summed E-state index contributed by atoms with van der Waals surface area (Å²) in [5.74, 6) is 0.573. The second-order valence-electron chi connectivity index (χ2n) is 11.7. The summed E-state index contributed by atoms with van der Waals surface area (Å²) in [5.41, 5.74) is 0.640. The van der Waals surface area contributed by atoms with Crippen LogP contribution in [0, 0.1) is 28.6 Å². The molecule has 3 saturated carbocycles. The average molecular weight is 406 g/mol. The number of ketones is 1. The van der Waals surface area contributed by atoms with Crippen molar-refractivity contribution in [2.24, 2.45) is 28.6 Å². The summed E-state index contributed by atoms with van der Waals surface area (Å²) >= 11 is 0. The van der Waals surface area contributed by atoms with Crippen LogP contribution in [0.15, 0.2) is 11.6 Å². The first-order valence-electron chi connectivity index (χ1n) is 13.0. The minimum absolute atomic E-state index is 0.119. The number of Topliss-reactive ketones (excluding diaryl/α,β-unsaturated/α-hetero) is 1. The van der Waals surface area contributed by atoms with E-state index in [9.17, 15) is 4.79 Å². The average Bonchev–Trinajstić information content (AvgIpc) is 2.94. The van der Waals surface area contributed by atoms with Crippen molar-refractivity contribution in [1.29, 1.82) is 0 Å². The lowest BCUT2D eigenvalue weighted by Gasteiger charge is -2.58. The maximum Gasteiger partial charge on any atom is 0.192 e. The summed E-state index contributed by atoms with van der Waals surface area (Å²) in [6.07, 6.45) is 6.05. The third-order valence-corrected chi connectivity index (χ3v) is 13.9. The molecule has 0 heterocycles. The van der Waals surface area contributed by atoms with E-state index < -0.39 is 14.7 Å². The summed E-state index contributed by atoms with van der Waals surface area (Å²) in [6.45, 7) is 14.2. The van der Waals surface area contributed by atoms with E-state index in [0.29, 0.717) is 25.2 Å². The molecule has 3 fully saturated rings. The largest absolute Gasteiger partial charge is 0.416 e. The third-order valence-electron chi connectivity index (χ3n) is 9.43. The molecule has 0 bridgehead atoms. The Morgan fingerprint density at radius 2 is 1.96 bits per heavy atom. The predicted molar refractivity (Wildman–Crippen MR) is 119 cm³/mol. The zero-order valence-electron chi connectivity index (χ0n) is 21.9. The van der Waals surface area contributed by atoms with Gasteiger partial charge in [0.1, 0.15) is 5.78 Å². The highest BCUT2D eigenvalue weighted by Gasteiger charge is 2.59. The molecule has 0 aromatic rings. The van der Waals surface area contributed by atoms with Crippen molar-refractivity contribution in [3.8, 4) is 0 Å². The van der Waals surface area contributed by atoms with Gasteiger partial charge in [-0.05, 0) is 80.8 Å². The number of rotatable bonds is 3. The minimum atomic E-state index is -1.95. The van der Waals surface area contributed by atoms with Gasteiger partial charge < -0.3 is 4.43 Å². The Morgan fingerprint density at radius 1 is 1.21 bits per heavy atom. The van der Waals surface area contributed by atoms with Crippen LogP contribution >= 0.6 is 0 Å². The van der Waals surface area contributed by atoms with Crippen LogP contribution in [0.3, 0.4) is 0 Å². The van der Waals surface area contributed by atoms with Gasteiger partial charge in [0.25, 0.3) is 0 Å². The number of carbonyl (C=O) groups is 1. The molecule has 0 aromatic heterocycles. The van der Waals surface area contributed by atoms with Crippen molar-refractivity contribution < 1.29 is 13.3 Å². The van der Waals surface area contributed by atoms with Crippen LogP contribution in [0.5, 0.6) is 0 Å². The van der Waals surface area contributed by atoms with E-state index in [2.05, 4.69) is 40.8 Å². The fraction of sp³-hybridized carbons (Fsp3) is 0.880. The number of fused-ring (bicyclic) bond motifs is 5. The molecule has 0 unspecified atom stereocenters. The van der Waals surface area contributed by atoms with Gasteiger partial charge in [-0.1, -0.05) is 45.8 Å². The Labute approximate surface area is 178 Å². The second kappa shape index (κ2) is 6.80. The van der Waals surface area contributed by atoms with E-state index in [-0.39, 0.29) is 40.0 Å². The lowest BCUT2D eigenvalue weighted by Crippen LogP contribution is -2.54. The van der Waals surface area contributed by atoms with Gasteiger partial charge in [0.15, 0.2) is 8.32 Å². The SMILES string of the molecule is [2H][C@H]1CC[C@@]2(CO[Si](C)(C)C(C)(C)C)C(=CC([2H])([2H])[C@@H]3[C@@H]2CC[C@]2(C)C(=O)CC[C@@H]32)C1. The van der Waals surface area contributed by atoms with Crippen LogP contribution in [-0.2, 0) is 9.22 Å². The standard InChI is InChI=1S/C25H42O2Si/c1-23(2,3)28(5,6)27-17-25-15-8-7-9-18(25)10-11-19-20-12-13-22(26)24(20,4)16-14-21(19)25/h10,19-21H,7-9,11-17H2,1-6H3/t19-,20-,21-,24-,25+/m0/s1/i7D,11D2/t7-,19-,20-,21-,24-,25+.